The summed E-state index contributed by atoms with van der Waals surface area (Å²) >= 11 is 0. The zero-order valence-electron chi connectivity index (χ0n) is 82.0. The van der Waals surface area contributed by atoms with Gasteiger partial charge in [-0.3, -0.25) is 0 Å². The summed E-state index contributed by atoms with van der Waals surface area (Å²) < 4.78 is 38.1. The molecule has 5 aliphatic carbocycles. The second-order valence-corrected chi connectivity index (χ2v) is 38.9. The van der Waals surface area contributed by atoms with Gasteiger partial charge in [-0.2, -0.15) is 0 Å². The van der Waals surface area contributed by atoms with Crippen LogP contribution in [0.4, 0.5) is 0 Å². The van der Waals surface area contributed by atoms with Crippen molar-refractivity contribution in [1.29, 1.82) is 0 Å². The van der Waals surface area contributed by atoms with Crippen LogP contribution in [0.3, 0.4) is 0 Å². The van der Waals surface area contributed by atoms with Crippen LogP contribution in [-0.4, -0.2) is 89.8 Å². The maximum absolute atomic E-state index is 5.49. The Labute approximate surface area is 812 Å². The van der Waals surface area contributed by atoms with E-state index >= 15 is 0 Å². The highest BCUT2D eigenvalue weighted by Gasteiger charge is 2.35. The molecular weight excluding hydrogens is 1740 g/mol. The first-order chi connectivity index (χ1) is 68.0. The lowest BCUT2D eigenvalue weighted by atomic mass is 9.91. The molecule has 10 heterocycles. The average molecular weight is 1850 g/mol. The highest BCUT2D eigenvalue weighted by molar-refractivity contribution is 6.03. The maximum atomic E-state index is 5.49. The molecule has 702 valence electrons. The second kappa shape index (κ2) is 36.7. The molecule has 21 aromatic rings. The van der Waals surface area contributed by atoms with Crippen molar-refractivity contribution >= 4 is 55.2 Å². The van der Waals surface area contributed by atoms with Crippen LogP contribution in [0.15, 0.2) is 223 Å². The molecule has 0 bridgehead atoms. The van der Waals surface area contributed by atoms with Gasteiger partial charge < -0.3 is 57.0 Å². The molecule has 0 atom stereocenters. The number of fused-ring (bicyclic) bond motifs is 5. The molecule has 0 spiro atoms. The van der Waals surface area contributed by atoms with Gasteiger partial charge in [0.1, 0.15) is 69.4 Å². The van der Waals surface area contributed by atoms with Gasteiger partial charge in [0.2, 0.25) is 0 Å². The van der Waals surface area contributed by atoms with Gasteiger partial charge >= 0.3 is 0 Å². The van der Waals surface area contributed by atoms with Gasteiger partial charge in [-0.1, -0.05) is 153 Å². The van der Waals surface area contributed by atoms with E-state index < -0.39 is 0 Å². The first-order valence-corrected chi connectivity index (χ1v) is 48.9. The molecule has 11 aromatic carbocycles. The molecule has 5 saturated carbocycles. The van der Waals surface area contributed by atoms with Crippen molar-refractivity contribution in [2.75, 3.05) is 14.2 Å². The molecule has 5 fully saturated rings. The normalized spacial score (nSPS) is 14.0. The molecule has 5 N–H and O–H groups in total. The van der Waals surface area contributed by atoms with Crippen LogP contribution >= 0.6 is 0 Å². The number of imidazole rings is 5. The first-order valence-electron chi connectivity index (χ1n) is 48.9. The Balaban J connectivity index is 0.000000101. The Kier molecular flexibility index (Phi) is 23.5. The van der Waals surface area contributed by atoms with Crippen molar-refractivity contribution in [3.8, 4) is 123 Å². The Morgan fingerprint density at radius 3 is 0.900 bits per heavy atom. The topological polar surface area (TPSA) is 292 Å². The highest BCUT2D eigenvalue weighted by Crippen LogP contribution is 2.50. The van der Waals surface area contributed by atoms with Gasteiger partial charge in [-0.15, -0.1) is 0 Å². The molecule has 0 saturated heterocycles. The standard InChI is InChI=1S/C28H25N3O.C23H23N3O3.C23H23N3O.2C22H21N3O/c1-17-26(18(2)32-31-17)22-15-24(27-25(16-22)29-28(30-27)20-12-13-20)23-11-7-6-10-21(23)14-19-8-4-3-5-9-19;1-12-21(13(2)29-26-12)16-9-19(15-7-17(27-3)11-18(8-15)28-4)22-20(10-16)24-23(25-22)14-5-6-14;1-12-6-5-7-13(2)20(12)18-10-17(21-14(3)26-27-15(21)4)11-19-22(18)25-23(24-19)16-8-9-16;1-12-4-6-15(7-5-12)18-10-17(20-13(2)25-26-14(20)3)11-19-21(18)24-22(23-19)16-8-9-16;1-12-6-4-5-7-17(12)18-10-16(20-13(2)25-26-14(20)3)11-19-21(18)24-22(23-19)15-8-9-15/h3-11,15-16,20H,12-14H2,1-2H3,(H,29,30);7-11,14H,5-6H2,1-4H3,(H,24,25);5-7,10-11,16H,8-9H2,1-4H3,(H,24,25);4-7,10-11,16H,8-9H2,1-3H3,(H,23,24);4-7,10-11,15H,8-9H2,1-3H3,(H,23,24). The zero-order valence-corrected chi connectivity index (χ0v) is 82.0. The van der Waals surface area contributed by atoms with Crippen molar-refractivity contribution < 1.29 is 32.1 Å². The molecule has 22 heteroatoms. The number of nitrogens with one attached hydrogen (secondary N) is 5. The van der Waals surface area contributed by atoms with Gasteiger partial charge in [-0.25, -0.2) is 24.9 Å². The summed E-state index contributed by atoms with van der Waals surface area (Å²) in [4.78, 5) is 42.8. The van der Waals surface area contributed by atoms with Gasteiger partial charge in [0, 0.05) is 91.3 Å². The number of benzene rings is 11. The number of rotatable bonds is 19. The molecule has 0 unspecified atom stereocenters. The van der Waals surface area contributed by atoms with Crippen LogP contribution in [-0.2, 0) is 6.42 Å². The number of hydrogen-bond acceptors (Lipinski definition) is 17. The molecule has 26 rings (SSSR count). The number of ether oxygens (including phenoxy) is 2. The number of methoxy groups -OCH3 is 2. The highest BCUT2D eigenvalue weighted by atomic mass is 16.5. The third-order valence-corrected chi connectivity index (χ3v) is 28.2. The van der Waals surface area contributed by atoms with Gasteiger partial charge in [0.25, 0.3) is 0 Å². The SMILES string of the molecule is COc1cc(OC)cc(-c2cc(-c3c(C)noc3C)cc3[nH]c(C4CC4)nc23)c1.Cc1ccc(-c2cc(-c3c(C)noc3C)cc3[nH]c(C4CC4)nc23)cc1.Cc1cccc(C)c1-c1cc(-c2c(C)noc2C)cc2[nH]c(C3CC3)nc12.Cc1ccccc1-c1cc(-c2c(C)noc2C)cc2[nH]c(C3CC3)nc12.Cc1noc(C)c1-c1cc(-c2ccccc2Cc2ccccc2)c2nc(C3CC3)[nH]c2c1. The maximum Gasteiger partial charge on any atom is 0.141 e. The van der Waals surface area contributed by atoms with E-state index in [0.717, 1.165) is 237 Å². The summed E-state index contributed by atoms with van der Waals surface area (Å²) in [6.45, 7) is 28.4. The van der Waals surface area contributed by atoms with Gasteiger partial charge in [-0.05, 0) is 324 Å². The van der Waals surface area contributed by atoms with Crippen molar-refractivity contribution in [1.82, 2.24) is 75.6 Å². The first kappa shape index (κ1) is 89.6. The minimum absolute atomic E-state index is 0.539. The summed E-state index contributed by atoms with van der Waals surface area (Å²) in [5.41, 5.74) is 45.1. The monoisotopic (exact) mass is 1850 g/mol. The Bertz CT molecular complexity index is 8160. The predicted octanol–water partition coefficient (Wildman–Crippen LogP) is 29.7. The summed E-state index contributed by atoms with van der Waals surface area (Å²) in [6.07, 6.45) is 13.1. The van der Waals surface area contributed by atoms with Crippen LogP contribution < -0.4 is 9.47 Å². The molecule has 0 amide bonds. The molecule has 0 aliphatic heterocycles. The zero-order chi connectivity index (χ0) is 96.2. The van der Waals surface area contributed by atoms with Crippen molar-refractivity contribution in [2.45, 2.75) is 197 Å². The van der Waals surface area contributed by atoms with Crippen LogP contribution in [0.5, 0.6) is 11.5 Å². The summed E-state index contributed by atoms with van der Waals surface area (Å²) in [5, 5.41) is 20.7. The van der Waals surface area contributed by atoms with Crippen molar-refractivity contribution in [3.63, 3.8) is 0 Å². The van der Waals surface area contributed by atoms with E-state index in [1.807, 2.05) is 87.4 Å². The summed E-state index contributed by atoms with van der Waals surface area (Å²) in [7, 11) is 3.32. The number of hydrogen-bond donors (Lipinski definition) is 5. The van der Waals surface area contributed by atoms with E-state index in [0.29, 0.717) is 29.6 Å². The van der Waals surface area contributed by atoms with E-state index in [1.165, 1.54) is 131 Å². The minimum atomic E-state index is 0.539. The van der Waals surface area contributed by atoms with E-state index in [9.17, 15) is 0 Å². The molecule has 0 radical (unpaired) electrons. The predicted molar refractivity (Wildman–Crippen MR) is 554 cm³/mol. The fraction of sp³-hybridized carbons (Fsp3) is 0.271. The lowest BCUT2D eigenvalue weighted by Gasteiger charge is -2.12. The van der Waals surface area contributed by atoms with E-state index in [2.05, 4.69) is 260 Å². The molecule has 10 aromatic heterocycles. The van der Waals surface area contributed by atoms with E-state index in [4.69, 9.17) is 57.0 Å². The Morgan fingerprint density at radius 2 is 0.557 bits per heavy atom. The molecular formula is C118H113N15O7. The fourth-order valence-electron chi connectivity index (χ4n) is 20.2. The fourth-order valence-corrected chi connectivity index (χ4v) is 20.2. The number of aromatic amines is 5. The molecule has 22 nitrogen and oxygen atoms in total. The number of aromatic nitrogens is 15. The van der Waals surface area contributed by atoms with Crippen molar-refractivity contribution in [2.24, 2.45) is 0 Å². The Hall–Kier alpha value is -15.6. The lowest BCUT2D eigenvalue weighted by molar-refractivity contribution is 0.393. The smallest absolute Gasteiger partial charge is 0.141 e. The van der Waals surface area contributed by atoms with Crippen molar-refractivity contribution in [3.05, 3.63) is 320 Å². The van der Waals surface area contributed by atoms with Crippen LogP contribution in [0, 0.1) is 96.9 Å². The summed E-state index contributed by atoms with van der Waals surface area (Å²) in [6, 6.07) is 70.8. The third kappa shape index (κ3) is 17.8. The molecule has 5 aliphatic rings. The number of H-pyrrole nitrogens is 5. The summed E-state index contributed by atoms with van der Waals surface area (Å²) in [5.74, 6) is 14.1. The lowest BCUT2D eigenvalue weighted by Crippen LogP contribution is -1.94. The largest absolute Gasteiger partial charge is 0.497 e. The number of aryl methyl sites for hydroxylation is 14. The Morgan fingerprint density at radius 1 is 0.257 bits per heavy atom. The number of nitrogens with zero attached hydrogens (tertiary/aromatic N) is 10. The van der Waals surface area contributed by atoms with Gasteiger partial charge in [0.15, 0.2) is 0 Å². The quantitative estimate of drug-likeness (QED) is 0.0503. The molecule has 140 heavy (non-hydrogen) atoms. The van der Waals surface area contributed by atoms with E-state index in [1.54, 1.807) is 14.2 Å². The van der Waals surface area contributed by atoms with Gasteiger partial charge in [0.05, 0.1) is 97.9 Å². The average Bonchev–Trinajstić information content (AvgIpc) is 1.58. The second-order valence-electron chi connectivity index (χ2n) is 38.9. The minimum Gasteiger partial charge on any atom is -0.497 e. The van der Waals surface area contributed by atoms with E-state index in [-0.39, 0.29) is 0 Å². The van der Waals surface area contributed by atoms with Crippen LogP contribution in [0.1, 0.15) is 214 Å². The third-order valence-electron chi connectivity index (χ3n) is 28.2. The van der Waals surface area contributed by atoms with Crippen LogP contribution in [0.25, 0.3) is 166 Å². The van der Waals surface area contributed by atoms with Crippen LogP contribution in [0.2, 0.25) is 0 Å².